The molecule has 0 aromatic heterocycles. The quantitative estimate of drug-likeness (QED) is 0.801. The number of benzene rings is 1. The minimum atomic E-state index is -3.09. The first-order valence-corrected chi connectivity index (χ1v) is 10.2. The molecule has 2 aliphatic rings. The molecule has 8 heteroatoms. The Morgan fingerprint density at radius 1 is 1.40 bits per heavy atom. The zero-order valence-corrected chi connectivity index (χ0v) is 14.8. The molecule has 25 heavy (non-hydrogen) atoms. The molecular formula is C17H21FN2O4S. The normalized spacial score (nSPS) is 25.4. The molecule has 0 saturated carbocycles. The standard InChI is InChI=1S/C17H21FN2O4S/c1-2-19(15-6-7-25(23,24)11-15)17(22)12-8-16(21)20(10-12)14-5-3-4-13(18)9-14/h3-5,9,12,15H,2,6-8,10-11H2,1H3. The number of sulfone groups is 1. The van der Waals surface area contributed by atoms with Gasteiger partial charge in [0.25, 0.3) is 0 Å². The second-order valence-electron chi connectivity index (χ2n) is 6.57. The molecular weight excluding hydrogens is 347 g/mol. The second-order valence-corrected chi connectivity index (χ2v) is 8.80. The molecule has 2 atom stereocenters. The minimum Gasteiger partial charge on any atom is -0.339 e. The lowest BCUT2D eigenvalue weighted by Crippen LogP contribution is -2.44. The van der Waals surface area contributed by atoms with Crippen LogP contribution in [0.1, 0.15) is 19.8 Å². The van der Waals surface area contributed by atoms with Crippen LogP contribution in [-0.4, -0.2) is 55.8 Å². The summed E-state index contributed by atoms with van der Waals surface area (Å²) in [5.74, 6) is -1.30. The van der Waals surface area contributed by atoms with Crippen molar-refractivity contribution in [3.8, 4) is 0 Å². The Morgan fingerprint density at radius 2 is 2.16 bits per heavy atom. The molecule has 2 unspecified atom stereocenters. The van der Waals surface area contributed by atoms with Crippen LogP contribution in [0.5, 0.6) is 0 Å². The van der Waals surface area contributed by atoms with E-state index in [0.29, 0.717) is 18.7 Å². The van der Waals surface area contributed by atoms with Crippen molar-refractivity contribution >= 4 is 27.3 Å². The van der Waals surface area contributed by atoms with Gasteiger partial charge in [-0.05, 0) is 31.5 Å². The number of rotatable bonds is 4. The van der Waals surface area contributed by atoms with Crippen LogP contribution in [0.4, 0.5) is 10.1 Å². The summed E-state index contributed by atoms with van der Waals surface area (Å²) < 4.78 is 36.8. The molecule has 1 aromatic carbocycles. The van der Waals surface area contributed by atoms with E-state index in [1.165, 1.54) is 23.1 Å². The second kappa shape index (κ2) is 6.74. The van der Waals surface area contributed by atoms with Crippen molar-refractivity contribution < 1.29 is 22.4 Å². The summed E-state index contributed by atoms with van der Waals surface area (Å²) >= 11 is 0. The molecule has 2 heterocycles. The number of anilines is 1. The van der Waals surface area contributed by atoms with Gasteiger partial charge in [0.15, 0.2) is 9.84 Å². The molecule has 1 aromatic rings. The van der Waals surface area contributed by atoms with Crippen molar-refractivity contribution in [1.29, 1.82) is 0 Å². The van der Waals surface area contributed by atoms with E-state index in [1.807, 2.05) is 6.92 Å². The molecule has 2 saturated heterocycles. The topological polar surface area (TPSA) is 74.8 Å². The number of carbonyl (C=O) groups excluding carboxylic acids is 2. The summed E-state index contributed by atoms with van der Waals surface area (Å²) in [5, 5.41) is 0. The zero-order chi connectivity index (χ0) is 18.2. The molecule has 0 N–H and O–H groups in total. The van der Waals surface area contributed by atoms with Gasteiger partial charge in [0.05, 0.1) is 17.4 Å². The van der Waals surface area contributed by atoms with E-state index in [-0.39, 0.29) is 42.3 Å². The van der Waals surface area contributed by atoms with Gasteiger partial charge in [0.2, 0.25) is 11.8 Å². The maximum Gasteiger partial charge on any atom is 0.228 e. The van der Waals surface area contributed by atoms with Crippen LogP contribution in [0.15, 0.2) is 24.3 Å². The van der Waals surface area contributed by atoms with E-state index in [0.717, 1.165) is 0 Å². The summed E-state index contributed by atoms with van der Waals surface area (Å²) in [7, 11) is -3.09. The Labute approximate surface area is 146 Å². The van der Waals surface area contributed by atoms with E-state index in [1.54, 1.807) is 11.0 Å². The lowest BCUT2D eigenvalue weighted by atomic mass is 10.1. The summed E-state index contributed by atoms with van der Waals surface area (Å²) in [5.41, 5.74) is 0.437. The van der Waals surface area contributed by atoms with Crippen LogP contribution < -0.4 is 4.90 Å². The van der Waals surface area contributed by atoms with Crippen molar-refractivity contribution in [3.63, 3.8) is 0 Å². The van der Waals surface area contributed by atoms with Crippen molar-refractivity contribution in [2.24, 2.45) is 5.92 Å². The lowest BCUT2D eigenvalue weighted by molar-refractivity contribution is -0.137. The molecule has 2 aliphatic heterocycles. The summed E-state index contributed by atoms with van der Waals surface area (Å²) in [6.45, 7) is 2.41. The first-order chi connectivity index (χ1) is 11.8. The fraction of sp³-hybridized carbons (Fsp3) is 0.529. The first kappa shape index (κ1) is 17.8. The van der Waals surface area contributed by atoms with Gasteiger partial charge in [-0.2, -0.15) is 0 Å². The van der Waals surface area contributed by atoms with Crippen molar-refractivity contribution in [2.45, 2.75) is 25.8 Å². The number of carbonyl (C=O) groups is 2. The van der Waals surface area contributed by atoms with E-state index in [4.69, 9.17) is 0 Å². The fourth-order valence-electron chi connectivity index (χ4n) is 3.62. The summed E-state index contributed by atoms with van der Waals surface area (Å²) in [6, 6.07) is 5.41. The highest BCUT2D eigenvalue weighted by atomic mass is 32.2. The molecule has 2 amide bonds. The molecule has 6 nitrogen and oxygen atoms in total. The number of hydrogen-bond donors (Lipinski definition) is 0. The fourth-order valence-corrected chi connectivity index (χ4v) is 5.35. The lowest BCUT2D eigenvalue weighted by Gasteiger charge is -2.29. The highest BCUT2D eigenvalue weighted by Gasteiger charge is 2.41. The predicted octanol–water partition coefficient (Wildman–Crippen LogP) is 1.21. The van der Waals surface area contributed by atoms with E-state index in [2.05, 4.69) is 0 Å². The predicted molar refractivity (Wildman–Crippen MR) is 91.3 cm³/mol. The van der Waals surface area contributed by atoms with E-state index < -0.39 is 21.6 Å². The maximum absolute atomic E-state index is 13.4. The van der Waals surface area contributed by atoms with Gasteiger partial charge < -0.3 is 9.80 Å². The highest BCUT2D eigenvalue weighted by molar-refractivity contribution is 7.91. The Balaban J connectivity index is 1.73. The Kier molecular flexibility index (Phi) is 4.81. The maximum atomic E-state index is 13.4. The Morgan fingerprint density at radius 3 is 2.76 bits per heavy atom. The Bertz CT molecular complexity index is 796. The van der Waals surface area contributed by atoms with Gasteiger partial charge in [0, 0.05) is 31.2 Å². The first-order valence-electron chi connectivity index (χ1n) is 8.37. The largest absolute Gasteiger partial charge is 0.339 e. The van der Waals surface area contributed by atoms with Crippen LogP contribution in [0, 0.1) is 11.7 Å². The molecule has 0 aliphatic carbocycles. The molecule has 3 rings (SSSR count). The SMILES string of the molecule is CCN(C(=O)C1CC(=O)N(c2cccc(F)c2)C1)C1CCS(=O)(=O)C1. The molecule has 0 spiro atoms. The van der Waals surface area contributed by atoms with E-state index >= 15 is 0 Å². The number of halogens is 1. The number of hydrogen-bond acceptors (Lipinski definition) is 4. The third-order valence-corrected chi connectivity index (χ3v) is 6.62. The van der Waals surface area contributed by atoms with Gasteiger partial charge in [0.1, 0.15) is 5.82 Å². The smallest absolute Gasteiger partial charge is 0.228 e. The van der Waals surface area contributed by atoms with Gasteiger partial charge in [-0.3, -0.25) is 9.59 Å². The molecule has 0 radical (unpaired) electrons. The van der Waals surface area contributed by atoms with Crippen LogP contribution in [0.3, 0.4) is 0 Å². The van der Waals surface area contributed by atoms with Crippen molar-refractivity contribution in [3.05, 3.63) is 30.1 Å². The van der Waals surface area contributed by atoms with Crippen molar-refractivity contribution in [1.82, 2.24) is 4.90 Å². The number of amides is 2. The summed E-state index contributed by atoms with van der Waals surface area (Å²) in [6.07, 6.45) is 0.501. The average molecular weight is 368 g/mol. The van der Waals surface area contributed by atoms with Crippen LogP contribution in [0.25, 0.3) is 0 Å². The van der Waals surface area contributed by atoms with Gasteiger partial charge in [-0.15, -0.1) is 0 Å². The Hall–Kier alpha value is -1.96. The average Bonchev–Trinajstić information content (AvgIpc) is 3.11. The van der Waals surface area contributed by atoms with Crippen LogP contribution in [-0.2, 0) is 19.4 Å². The molecule has 2 fully saturated rings. The van der Waals surface area contributed by atoms with Crippen molar-refractivity contribution in [2.75, 3.05) is 29.5 Å². The third kappa shape index (κ3) is 3.68. The van der Waals surface area contributed by atoms with Gasteiger partial charge in [-0.1, -0.05) is 6.07 Å². The minimum absolute atomic E-state index is 0.0130. The zero-order valence-electron chi connectivity index (χ0n) is 14.0. The monoisotopic (exact) mass is 368 g/mol. The number of nitrogens with zero attached hydrogens (tertiary/aromatic N) is 2. The van der Waals surface area contributed by atoms with Gasteiger partial charge in [-0.25, -0.2) is 12.8 Å². The van der Waals surface area contributed by atoms with E-state index in [9.17, 15) is 22.4 Å². The van der Waals surface area contributed by atoms with Gasteiger partial charge >= 0.3 is 0 Å². The molecule has 136 valence electrons. The summed E-state index contributed by atoms with van der Waals surface area (Å²) in [4.78, 5) is 28.1. The van der Waals surface area contributed by atoms with Crippen LogP contribution >= 0.6 is 0 Å². The van der Waals surface area contributed by atoms with Crippen LogP contribution in [0.2, 0.25) is 0 Å². The molecule has 0 bridgehead atoms. The highest BCUT2D eigenvalue weighted by Crippen LogP contribution is 2.28. The third-order valence-electron chi connectivity index (χ3n) is 4.87.